The average Bonchev–Trinajstić information content (AvgIpc) is 2.08. The van der Waals surface area contributed by atoms with Gasteiger partial charge in [0.1, 0.15) is 24.4 Å². The van der Waals surface area contributed by atoms with Crippen LogP contribution in [0.5, 0.6) is 0 Å². The molecule has 0 radical (unpaired) electrons. The molecule has 5 N–H and O–H groups in total. The van der Waals surface area contributed by atoms with Crippen LogP contribution in [0.3, 0.4) is 0 Å². The van der Waals surface area contributed by atoms with Crippen molar-refractivity contribution in [3.63, 3.8) is 0 Å². The fourth-order valence-corrected chi connectivity index (χ4v) is 1.81. The van der Waals surface area contributed by atoms with Crippen LogP contribution in [0.4, 0.5) is 0 Å². The van der Waals surface area contributed by atoms with Crippen molar-refractivity contribution in [2.75, 3.05) is 6.61 Å². The Kier molecular flexibility index (Phi) is 3.49. The summed E-state index contributed by atoms with van der Waals surface area (Å²) in [4.78, 5) is 0. The van der Waals surface area contributed by atoms with E-state index in [9.17, 15) is 20.4 Å². The van der Waals surface area contributed by atoms with Gasteiger partial charge in [0.2, 0.25) is 3.79 Å². The molecule has 7 heteroatoms. The molecule has 1 heterocycles. The largest absolute Gasteiger partial charge is 0.394 e. The van der Waals surface area contributed by atoms with E-state index in [0.717, 1.165) is 0 Å². The second kappa shape index (κ2) is 3.93. The summed E-state index contributed by atoms with van der Waals surface area (Å²) in [7, 11) is 0. The van der Waals surface area contributed by atoms with Gasteiger partial charge in [-0.05, 0) is 22.6 Å². The topological polar surface area (TPSA) is 110 Å². The Balaban J connectivity index is 2.79. The first-order valence-electron chi connectivity index (χ1n) is 3.64. The molecule has 1 rings (SSSR count). The van der Waals surface area contributed by atoms with Crippen LogP contribution in [0.15, 0.2) is 0 Å². The molecule has 0 aromatic carbocycles. The van der Waals surface area contributed by atoms with Gasteiger partial charge in [0.05, 0.1) is 6.61 Å². The molecule has 1 saturated heterocycles. The maximum atomic E-state index is 9.36. The molecule has 1 aliphatic heterocycles. The maximum Gasteiger partial charge on any atom is 0.248 e. The monoisotopic (exact) mass is 306 g/mol. The van der Waals surface area contributed by atoms with Crippen LogP contribution in [-0.4, -0.2) is 60.3 Å². The average molecular weight is 306 g/mol. The van der Waals surface area contributed by atoms with Crippen molar-refractivity contribution in [2.45, 2.75) is 28.2 Å². The van der Waals surface area contributed by atoms with Crippen LogP contribution >= 0.6 is 22.6 Å². The van der Waals surface area contributed by atoms with Crippen LogP contribution in [0.1, 0.15) is 0 Å². The first kappa shape index (κ1) is 11.6. The maximum absolute atomic E-state index is 9.36. The molecule has 0 bridgehead atoms. The van der Waals surface area contributed by atoms with E-state index in [1.807, 2.05) is 0 Å². The highest BCUT2D eigenvalue weighted by molar-refractivity contribution is 14.1. The molecule has 5 atom stereocenters. The lowest BCUT2D eigenvalue weighted by Gasteiger charge is -2.42. The summed E-state index contributed by atoms with van der Waals surface area (Å²) in [5, 5.41) is 45.7. The van der Waals surface area contributed by atoms with Gasteiger partial charge >= 0.3 is 0 Å². The zero-order valence-corrected chi connectivity index (χ0v) is 8.70. The zero-order chi connectivity index (χ0) is 10.2. The van der Waals surface area contributed by atoms with Gasteiger partial charge < -0.3 is 30.3 Å². The third kappa shape index (κ3) is 2.12. The summed E-state index contributed by atoms with van der Waals surface area (Å²) >= 11 is 1.38. The van der Waals surface area contributed by atoms with Crippen molar-refractivity contribution in [3.05, 3.63) is 0 Å². The molecule has 0 aliphatic carbocycles. The normalized spacial score (nSPS) is 52.2. The molecule has 0 unspecified atom stereocenters. The minimum absolute atomic E-state index is 0.545. The Labute approximate surface area is 87.9 Å². The second-order valence-electron chi connectivity index (χ2n) is 2.87. The van der Waals surface area contributed by atoms with Crippen molar-refractivity contribution >= 4 is 22.6 Å². The molecule has 0 spiro atoms. The highest BCUT2D eigenvalue weighted by Gasteiger charge is 2.51. The standard InChI is InChI=1S/C6H11IO6/c7-6(12)5(11)4(10)3(9)2(1-8)13-6/h2-5,8-12H,1H2/t2-,3-,4+,5-,6+/m1/s1. The van der Waals surface area contributed by atoms with E-state index in [0.29, 0.717) is 0 Å². The SMILES string of the molecule is OC[C@H]1O[C@](O)(I)[C@H](O)[C@@H](O)[C@@H]1O. The Hall–Kier alpha value is 0.490. The number of aliphatic hydroxyl groups is 5. The molecule has 13 heavy (non-hydrogen) atoms. The second-order valence-corrected chi connectivity index (χ2v) is 4.42. The number of halogens is 1. The molecule has 1 aliphatic rings. The lowest BCUT2D eigenvalue weighted by atomic mass is 9.99. The van der Waals surface area contributed by atoms with E-state index in [1.165, 1.54) is 22.6 Å². The Morgan fingerprint density at radius 3 is 2.23 bits per heavy atom. The van der Waals surface area contributed by atoms with Gasteiger partial charge in [-0.15, -0.1) is 0 Å². The predicted octanol–water partition coefficient (Wildman–Crippen LogP) is -2.46. The number of rotatable bonds is 1. The van der Waals surface area contributed by atoms with Gasteiger partial charge in [0.25, 0.3) is 0 Å². The fraction of sp³-hybridized carbons (Fsp3) is 1.00. The van der Waals surface area contributed by atoms with E-state index in [1.54, 1.807) is 0 Å². The van der Waals surface area contributed by atoms with Crippen molar-refractivity contribution in [1.29, 1.82) is 0 Å². The van der Waals surface area contributed by atoms with E-state index in [2.05, 4.69) is 0 Å². The lowest BCUT2D eigenvalue weighted by molar-refractivity contribution is -0.296. The highest BCUT2D eigenvalue weighted by atomic mass is 127. The Bertz CT molecular complexity index is 184. The van der Waals surface area contributed by atoms with Gasteiger partial charge in [-0.25, -0.2) is 0 Å². The number of hydrogen-bond acceptors (Lipinski definition) is 6. The summed E-state index contributed by atoms with van der Waals surface area (Å²) in [5.41, 5.74) is 0. The minimum Gasteiger partial charge on any atom is -0.394 e. The van der Waals surface area contributed by atoms with Crippen LogP contribution in [0, 0.1) is 0 Å². The molecular weight excluding hydrogens is 295 g/mol. The van der Waals surface area contributed by atoms with Crippen molar-refractivity contribution in [1.82, 2.24) is 0 Å². The fourth-order valence-electron chi connectivity index (χ4n) is 1.11. The van der Waals surface area contributed by atoms with Crippen molar-refractivity contribution in [2.24, 2.45) is 0 Å². The molecule has 0 aromatic rings. The summed E-state index contributed by atoms with van der Waals surface area (Å²) in [6.07, 6.45) is -5.64. The molecular formula is C6H11IO6. The summed E-state index contributed by atoms with van der Waals surface area (Å²) in [6, 6.07) is 0. The number of alkyl halides is 1. The predicted molar refractivity (Wildman–Crippen MR) is 48.9 cm³/mol. The van der Waals surface area contributed by atoms with Crippen molar-refractivity contribution < 1.29 is 30.3 Å². The quantitative estimate of drug-likeness (QED) is 0.271. The van der Waals surface area contributed by atoms with Gasteiger partial charge in [-0.3, -0.25) is 0 Å². The summed E-state index contributed by atoms with van der Waals surface area (Å²) in [5.74, 6) is 0. The van der Waals surface area contributed by atoms with Gasteiger partial charge in [0, 0.05) is 0 Å². The van der Waals surface area contributed by atoms with E-state index in [4.69, 9.17) is 9.84 Å². The third-order valence-corrected chi connectivity index (χ3v) is 2.81. The van der Waals surface area contributed by atoms with Crippen molar-refractivity contribution in [3.8, 4) is 0 Å². The number of ether oxygens (including phenoxy) is 1. The van der Waals surface area contributed by atoms with Gasteiger partial charge in [-0.2, -0.15) is 0 Å². The number of aliphatic hydroxyl groups excluding tert-OH is 4. The zero-order valence-electron chi connectivity index (χ0n) is 6.54. The number of hydrogen-bond donors (Lipinski definition) is 5. The van der Waals surface area contributed by atoms with E-state index >= 15 is 0 Å². The van der Waals surface area contributed by atoms with Crippen LogP contribution in [0.25, 0.3) is 0 Å². The molecule has 0 saturated carbocycles. The van der Waals surface area contributed by atoms with E-state index in [-0.39, 0.29) is 0 Å². The van der Waals surface area contributed by atoms with Crippen LogP contribution in [-0.2, 0) is 4.74 Å². The molecule has 78 valence electrons. The summed E-state index contributed by atoms with van der Waals surface area (Å²) in [6.45, 7) is -0.545. The first-order chi connectivity index (χ1) is 5.90. The minimum atomic E-state index is -1.98. The van der Waals surface area contributed by atoms with Gasteiger partial charge in [-0.1, -0.05) is 0 Å². The van der Waals surface area contributed by atoms with E-state index < -0.39 is 34.8 Å². The van der Waals surface area contributed by atoms with Crippen LogP contribution in [0.2, 0.25) is 0 Å². The molecule has 1 fully saturated rings. The third-order valence-electron chi connectivity index (χ3n) is 1.92. The molecule has 0 amide bonds. The van der Waals surface area contributed by atoms with Gasteiger partial charge in [0.15, 0.2) is 0 Å². The molecule has 0 aromatic heterocycles. The summed E-state index contributed by atoms with van der Waals surface area (Å²) < 4.78 is 2.77. The Morgan fingerprint density at radius 1 is 1.23 bits per heavy atom. The Morgan fingerprint density at radius 2 is 1.77 bits per heavy atom. The highest BCUT2D eigenvalue weighted by Crippen LogP contribution is 2.32. The molecule has 6 nitrogen and oxygen atoms in total. The van der Waals surface area contributed by atoms with Crippen LogP contribution < -0.4 is 0 Å². The lowest BCUT2D eigenvalue weighted by Crippen LogP contribution is -2.62. The smallest absolute Gasteiger partial charge is 0.248 e. The first-order valence-corrected chi connectivity index (χ1v) is 4.72.